The number of hydrogen-bond acceptors (Lipinski definition) is 10. The first-order chi connectivity index (χ1) is 23.9. The van der Waals surface area contributed by atoms with Crippen LogP contribution in [0.4, 0.5) is 4.79 Å². The molecule has 0 radical (unpaired) electrons. The number of carbonyl (C=O) groups is 4. The number of rotatable bonds is 13. The van der Waals surface area contributed by atoms with Crippen LogP contribution in [0.25, 0.3) is 0 Å². The molecule has 2 heterocycles. The Kier molecular flexibility index (Phi) is 14.7. The molecule has 0 aromatic heterocycles. The fourth-order valence-electron chi connectivity index (χ4n) is 5.57. The molecule has 0 saturated carbocycles. The molecule has 1 unspecified atom stereocenters. The molecule has 1 aromatic carbocycles. The quantitative estimate of drug-likeness (QED) is 0.0842. The second kappa shape index (κ2) is 17.6. The Hall–Kier alpha value is -2.78. The van der Waals surface area contributed by atoms with E-state index < -0.39 is 84.5 Å². The predicted octanol–water partition coefficient (Wildman–Crippen LogP) is 8.11. The second-order valence-corrected chi connectivity index (χ2v) is 20.7. The highest BCUT2D eigenvalue weighted by Crippen LogP contribution is 2.41. The molecule has 13 heteroatoms. The SMILES string of the molecule is CC(C)CC(/C=C(\[O][Al]([Cl])[CH2]C(C)C)N1C(=O)O[C@H]2O[C@H](COC(=O)C(C)(C)C)[C@@H](OC(=O)C(C)(C)C)[C@H](OC(=O)C(C)(C)C)[C@H]21)c1ccccc1. The van der Waals surface area contributed by atoms with Crippen molar-refractivity contribution in [3.8, 4) is 0 Å². The van der Waals surface area contributed by atoms with E-state index in [4.69, 9.17) is 37.5 Å². The molecular formula is C39H59AlClNO10. The third-order valence-electron chi connectivity index (χ3n) is 8.47. The largest absolute Gasteiger partial charge is 0.680 e. The van der Waals surface area contributed by atoms with Gasteiger partial charge in [0.05, 0.1) is 16.2 Å². The molecule has 2 aliphatic heterocycles. The van der Waals surface area contributed by atoms with E-state index in [1.54, 1.807) is 62.3 Å². The van der Waals surface area contributed by atoms with Gasteiger partial charge in [0, 0.05) is 5.92 Å². The van der Waals surface area contributed by atoms with Crippen molar-refractivity contribution >= 4 is 47.6 Å². The summed E-state index contributed by atoms with van der Waals surface area (Å²) in [4.78, 5) is 55.5. The minimum atomic E-state index is -2.47. The summed E-state index contributed by atoms with van der Waals surface area (Å²) in [5, 5.41) is 0.599. The van der Waals surface area contributed by atoms with Crippen molar-refractivity contribution in [1.29, 1.82) is 0 Å². The molecule has 1 amide bonds. The average molecular weight is 764 g/mol. The second-order valence-electron chi connectivity index (χ2n) is 17.7. The van der Waals surface area contributed by atoms with Crippen LogP contribution in [0, 0.1) is 28.1 Å². The van der Waals surface area contributed by atoms with Gasteiger partial charge in [-0.05, 0) is 91.6 Å². The van der Waals surface area contributed by atoms with Crippen LogP contribution in [-0.4, -0.2) is 79.7 Å². The number of allylic oxidation sites excluding steroid dienone is 1. The van der Waals surface area contributed by atoms with E-state index in [0.717, 1.165) is 12.0 Å². The van der Waals surface area contributed by atoms with Gasteiger partial charge in [0.2, 0.25) is 6.29 Å². The maximum absolute atomic E-state index is 14.1. The van der Waals surface area contributed by atoms with Crippen molar-refractivity contribution < 1.29 is 46.7 Å². The lowest BCUT2D eigenvalue weighted by atomic mass is 9.89. The van der Waals surface area contributed by atoms with E-state index in [1.165, 1.54) is 4.90 Å². The molecule has 0 bridgehead atoms. The fraction of sp³-hybridized carbons (Fsp3) is 0.692. The Morgan fingerprint density at radius 2 is 1.38 bits per heavy atom. The molecular weight excluding hydrogens is 705 g/mol. The molecule has 0 N–H and O–H groups in total. The Morgan fingerprint density at radius 3 is 1.88 bits per heavy atom. The van der Waals surface area contributed by atoms with Crippen LogP contribution in [0.3, 0.4) is 0 Å². The zero-order valence-corrected chi connectivity index (χ0v) is 35.1. The first-order valence-electron chi connectivity index (χ1n) is 18.2. The highest BCUT2D eigenvalue weighted by atomic mass is 35.6. The third-order valence-corrected chi connectivity index (χ3v) is 11.1. The number of amides is 1. The van der Waals surface area contributed by atoms with Crippen molar-refractivity contribution in [1.82, 2.24) is 4.90 Å². The van der Waals surface area contributed by atoms with Crippen molar-refractivity contribution in [2.24, 2.45) is 28.1 Å². The van der Waals surface area contributed by atoms with Gasteiger partial charge in [0.15, 0.2) is 18.1 Å². The number of halogens is 1. The average Bonchev–Trinajstić information content (AvgIpc) is 3.33. The van der Waals surface area contributed by atoms with E-state index in [1.807, 2.05) is 50.3 Å². The molecule has 52 heavy (non-hydrogen) atoms. The van der Waals surface area contributed by atoms with Gasteiger partial charge in [0.25, 0.3) is 0 Å². The van der Waals surface area contributed by atoms with Gasteiger partial charge in [-0.1, -0.05) is 63.9 Å². The summed E-state index contributed by atoms with van der Waals surface area (Å²) in [7, 11) is 6.93. The van der Waals surface area contributed by atoms with Crippen molar-refractivity contribution in [2.45, 2.75) is 138 Å². The van der Waals surface area contributed by atoms with Crippen LogP contribution < -0.4 is 0 Å². The van der Waals surface area contributed by atoms with E-state index >= 15 is 0 Å². The molecule has 11 nitrogen and oxygen atoms in total. The summed E-state index contributed by atoms with van der Waals surface area (Å²) in [6.07, 6.45) is -3.34. The minimum absolute atomic E-state index is 0.151. The number of ether oxygens (including phenoxy) is 5. The number of hydrogen-bond donors (Lipinski definition) is 0. The van der Waals surface area contributed by atoms with Gasteiger partial charge in [-0.2, -0.15) is 0 Å². The van der Waals surface area contributed by atoms with Gasteiger partial charge in [-0.15, -0.1) is 0 Å². The van der Waals surface area contributed by atoms with E-state index in [-0.39, 0.29) is 30.2 Å². The van der Waals surface area contributed by atoms with Crippen LogP contribution in [0.5, 0.6) is 0 Å². The smallest absolute Gasteiger partial charge is 0.619 e. The van der Waals surface area contributed by atoms with Gasteiger partial charge in [-0.3, -0.25) is 14.4 Å². The van der Waals surface area contributed by atoms with E-state index in [9.17, 15) is 19.2 Å². The zero-order chi connectivity index (χ0) is 39.3. The normalized spacial score (nSPS) is 23.2. The summed E-state index contributed by atoms with van der Waals surface area (Å²) in [5.41, 5.74) is -1.78. The Bertz CT molecular complexity index is 1430. The standard InChI is InChI=1S/C35H51NO10.C4H9.Al.ClH/c1-20(2)17-22(21-15-13-12-14-16-21)18-24(37)36-25-27(45-31(40)35(9,10)11)26(44-30(39)34(6,7)8)23(43-28(25)46-32(36)41)19-42-29(38)33(3,4)5;1-4(2)3;;/h12-16,18,20,22-23,25-28,37H,17,19H2,1-11H3;4H,1H2,2-3H3;;1H/q;;+2;/p-2/b24-18-;;;/t22?,23-,25-,26-,27-,28-;;;/m1.../s1. The Morgan fingerprint density at radius 1 is 0.846 bits per heavy atom. The van der Waals surface area contributed by atoms with E-state index in [0.29, 0.717) is 5.28 Å². The summed E-state index contributed by atoms with van der Waals surface area (Å²) >= 11 is -2.47. The zero-order valence-electron chi connectivity index (χ0n) is 33.2. The number of nitrogens with zero attached hydrogens (tertiary/aromatic N) is 1. The van der Waals surface area contributed by atoms with E-state index in [2.05, 4.69) is 13.8 Å². The number of esters is 3. The predicted molar refractivity (Wildman–Crippen MR) is 199 cm³/mol. The van der Waals surface area contributed by atoms with Gasteiger partial charge in [0.1, 0.15) is 18.8 Å². The monoisotopic (exact) mass is 763 g/mol. The number of fused-ring (bicyclic) bond motifs is 1. The van der Waals surface area contributed by atoms with Crippen LogP contribution in [0.2, 0.25) is 5.28 Å². The topological polar surface area (TPSA) is 127 Å². The fourth-order valence-corrected chi connectivity index (χ4v) is 8.20. The summed E-state index contributed by atoms with van der Waals surface area (Å²) in [5.74, 6) is -1.29. The maximum Gasteiger partial charge on any atom is 0.680 e. The Labute approximate surface area is 318 Å². The maximum atomic E-state index is 14.1. The molecule has 3 rings (SSSR count). The molecule has 6 atom stereocenters. The van der Waals surface area contributed by atoms with Gasteiger partial charge in [-0.25, -0.2) is 19.7 Å². The molecule has 1 aromatic rings. The van der Waals surface area contributed by atoms with Crippen molar-refractivity contribution in [3.63, 3.8) is 0 Å². The van der Waals surface area contributed by atoms with Crippen LogP contribution >= 0.6 is 10.0 Å². The molecule has 0 spiro atoms. The third kappa shape index (κ3) is 11.9. The lowest BCUT2D eigenvalue weighted by Gasteiger charge is -2.44. The molecule has 0 aliphatic carbocycles. The van der Waals surface area contributed by atoms with Crippen molar-refractivity contribution in [3.05, 3.63) is 47.9 Å². The highest BCUT2D eigenvalue weighted by molar-refractivity contribution is 7.03. The summed E-state index contributed by atoms with van der Waals surface area (Å²) < 4.78 is 36.7. The lowest BCUT2D eigenvalue weighted by molar-refractivity contribution is -0.260. The minimum Gasteiger partial charge on any atom is -0.619 e. The molecule has 290 valence electrons. The molecule has 2 fully saturated rings. The molecule has 2 aliphatic rings. The summed E-state index contributed by atoms with van der Waals surface area (Å²) in [6, 6.07) is 8.70. The van der Waals surface area contributed by atoms with Gasteiger partial charge >= 0.3 is 37.6 Å². The number of carbonyl (C=O) groups excluding carboxylic acids is 4. The highest BCUT2D eigenvalue weighted by Gasteiger charge is 2.61. The molecule has 2 saturated heterocycles. The van der Waals surface area contributed by atoms with Crippen LogP contribution in [-0.2, 0) is 41.9 Å². The van der Waals surface area contributed by atoms with Crippen LogP contribution in [0.1, 0.15) is 108 Å². The lowest BCUT2D eigenvalue weighted by Crippen LogP contribution is -2.64. The first-order valence-corrected chi connectivity index (χ1v) is 21.3. The summed E-state index contributed by atoms with van der Waals surface area (Å²) in [6.45, 7) is 23.2. The van der Waals surface area contributed by atoms with Crippen LogP contribution in [0.15, 0.2) is 42.3 Å². The van der Waals surface area contributed by atoms with Gasteiger partial charge < -0.3 is 27.5 Å². The Balaban J connectivity index is 2.25. The van der Waals surface area contributed by atoms with Crippen molar-refractivity contribution in [2.75, 3.05) is 6.61 Å². The first kappa shape index (κ1) is 43.6. The number of benzene rings is 1.